The summed E-state index contributed by atoms with van der Waals surface area (Å²) in [7, 11) is 3.10. The van der Waals surface area contributed by atoms with Crippen molar-refractivity contribution in [3.8, 4) is 5.69 Å². The lowest BCUT2D eigenvalue weighted by Crippen LogP contribution is -2.39. The third-order valence-electron chi connectivity index (χ3n) is 2.89. The van der Waals surface area contributed by atoms with E-state index < -0.39 is 6.04 Å². The summed E-state index contributed by atoms with van der Waals surface area (Å²) in [6.45, 7) is 0.146. The Kier molecular flexibility index (Phi) is 4.51. The van der Waals surface area contributed by atoms with Gasteiger partial charge in [-0.15, -0.1) is 0 Å². The third kappa shape index (κ3) is 3.36. The Balaban J connectivity index is 2.11. The molecule has 0 saturated carbocycles. The highest BCUT2D eigenvalue weighted by molar-refractivity contribution is 5.94. The second-order valence-electron chi connectivity index (χ2n) is 4.53. The van der Waals surface area contributed by atoms with Crippen LogP contribution in [0.3, 0.4) is 0 Å². The van der Waals surface area contributed by atoms with Gasteiger partial charge < -0.3 is 15.8 Å². The van der Waals surface area contributed by atoms with Gasteiger partial charge in [0.25, 0.3) is 0 Å². The summed E-state index contributed by atoms with van der Waals surface area (Å²) in [4.78, 5) is 23.5. The summed E-state index contributed by atoms with van der Waals surface area (Å²) < 4.78 is 7.46. The minimum absolute atomic E-state index is 0.146. The number of rotatable bonds is 5. The largest absolute Gasteiger partial charge is 0.383 e. The number of nitrogens with zero attached hydrogens (tertiary/aromatic N) is 3. The van der Waals surface area contributed by atoms with Crippen molar-refractivity contribution in [1.82, 2.24) is 14.3 Å². The lowest BCUT2D eigenvalue weighted by molar-refractivity contribution is -0.118. The van der Waals surface area contributed by atoms with E-state index in [0.29, 0.717) is 11.4 Å². The number of aromatic nitrogens is 3. The molecule has 0 radical (unpaired) electrons. The molecule has 0 aliphatic heterocycles. The molecule has 3 N–H and O–H groups in total. The molecule has 1 aromatic heterocycles. The third-order valence-corrected chi connectivity index (χ3v) is 2.89. The predicted molar refractivity (Wildman–Crippen MR) is 77.3 cm³/mol. The first-order valence-corrected chi connectivity index (χ1v) is 6.29. The summed E-state index contributed by atoms with van der Waals surface area (Å²) in [5.74, 6) is -0.334. The molecule has 1 aromatic carbocycles. The number of amides is 1. The number of anilines is 1. The molecule has 112 valence electrons. The number of carbonyl (C=O) groups is 1. The molecule has 1 atom stereocenters. The number of carbonyl (C=O) groups excluding carboxylic acids is 1. The van der Waals surface area contributed by atoms with E-state index in [0.717, 1.165) is 0 Å². The molecule has 21 heavy (non-hydrogen) atoms. The second kappa shape index (κ2) is 6.33. The van der Waals surface area contributed by atoms with Gasteiger partial charge in [0, 0.05) is 19.8 Å². The minimum atomic E-state index is -0.729. The van der Waals surface area contributed by atoms with Crippen molar-refractivity contribution in [3.63, 3.8) is 0 Å². The molecular formula is C13H17N5O3. The molecule has 1 amide bonds. The van der Waals surface area contributed by atoms with Crippen molar-refractivity contribution in [3.05, 3.63) is 41.1 Å². The van der Waals surface area contributed by atoms with Crippen LogP contribution < -0.4 is 16.7 Å². The maximum Gasteiger partial charge on any atom is 0.350 e. The Labute approximate surface area is 121 Å². The zero-order chi connectivity index (χ0) is 15.4. The maximum absolute atomic E-state index is 11.8. The average molecular weight is 291 g/mol. The van der Waals surface area contributed by atoms with E-state index in [1.165, 1.54) is 22.7 Å². The molecule has 0 saturated heterocycles. The molecule has 0 bridgehead atoms. The standard InChI is InChI=1S/C13H17N5O3/c1-17-8-15-18(13(17)20)10-5-3-9(4-6-10)16-12(19)11(14)7-21-2/h3-6,8,11H,7,14H2,1-2H3,(H,16,19). The van der Waals surface area contributed by atoms with Crippen molar-refractivity contribution in [2.24, 2.45) is 12.8 Å². The number of ether oxygens (including phenoxy) is 1. The van der Waals surface area contributed by atoms with E-state index in [1.54, 1.807) is 31.3 Å². The van der Waals surface area contributed by atoms with Gasteiger partial charge in [0.05, 0.1) is 12.3 Å². The first-order chi connectivity index (χ1) is 10.0. The molecule has 1 unspecified atom stereocenters. The molecule has 8 heteroatoms. The summed E-state index contributed by atoms with van der Waals surface area (Å²) in [6, 6.07) is 5.99. The van der Waals surface area contributed by atoms with Crippen LogP contribution in [0.5, 0.6) is 0 Å². The average Bonchev–Trinajstić information content (AvgIpc) is 2.80. The zero-order valence-corrected chi connectivity index (χ0v) is 11.8. The van der Waals surface area contributed by atoms with Gasteiger partial charge >= 0.3 is 5.69 Å². The minimum Gasteiger partial charge on any atom is -0.383 e. The molecule has 2 rings (SSSR count). The lowest BCUT2D eigenvalue weighted by atomic mass is 10.2. The number of nitrogens with two attached hydrogens (primary N) is 1. The Morgan fingerprint density at radius 3 is 2.62 bits per heavy atom. The van der Waals surface area contributed by atoms with Crippen LogP contribution in [0, 0.1) is 0 Å². The highest BCUT2D eigenvalue weighted by Gasteiger charge is 2.13. The number of nitrogens with one attached hydrogen (secondary N) is 1. The summed E-state index contributed by atoms with van der Waals surface area (Å²) in [5, 5.41) is 6.64. The van der Waals surface area contributed by atoms with Gasteiger partial charge in [-0.1, -0.05) is 0 Å². The number of benzene rings is 1. The molecule has 2 aromatic rings. The Hall–Kier alpha value is -2.45. The van der Waals surface area contributed by atoms with Crippen LogP contribution in [0.2, 0.25) is 0 Å². The van der Waals surface area contributed by atoms with Crippen LogP contribution in [-0.4, -0.2) is 40.0 Å². The van der Waals surface area contributed by atoms with Crippen LogP contribution in [0.1, 0.15) is 0 Å². The molecule has 1 heterocycles. The predicted octanol–water partition coefficient (Wildman–Crippen LogP) is -0.517. The van der Waals surface area contributed by atoms with Crippen molar-refractivity contribution in [2.45, 2.75) is 6.04 Å². The Morgan fingerprint density at radius 1 is 1.43 bits per heavy atom. The second-order valence-corrected chi connectivity index (χ2v) is 4.53. The molecule has 8 nitrogen and oxygen atoms in total. The molecule has 0 spiro atoms. The van der Waals surface area contributed by atoms with Gasteiger partial charge in [-0.2, -0.15) is 9.78 Å². The van der Waals surface area contributed by atoms with Crippen LogP contribution >= 0.6 is 0 Å². The van der Waals surface area contributed by atoms with Crippen LogP contribution in [0.25, 0.3) is 5.69 Å². The highest BCUT2D eigenvalue weighted by Crippen LogP contribution is 2.11. The van der Waals surface area contributed by atoms with Crippen molar-refractivity contribution >= 4 is 11.6 Å². The van der Waals surface area contributed by atoms with Gasteiger partial charge in [0.2, 0.25) is 5.91 Å². The number of methoxy groups -OCH3 is 1. The van der Waals surface area contributed by atoms with Crippen LogP contribution in [-0.2, 0) is 16.6 Å². The monoisotopic (exact) mass is 291 g/mol. The molecule has 0 aliphatic rings. The fourth-order valence-corrected chi connectivity index (χ4v) is 1.73. The van der Waals surface area contributed by atoms with Gasteiger partial charge in [0.1, 0.15) is 12.4 Å². The highest BCUT2D eigenvalue weighted by atomic mass is 16.5. The van der Waals surface area contributed by atoms with Crippen molar-refractivity contribution < 1.29 is 9.53 Å². The van der Waals surface area contributed by atoms with E-state index in [2.05, 4.69) is 10.4 Å². The normalized spacial score (nSPS) is 12.1. The SMILES string of the molecule is COCC(N)C(=O)Nc1ccc(-n2ncn(C)c2=O)cc1. The molecular weight excluding hydrogens is 274 g/mol. The summed E-state index contributed by atoms with van der Waals surface area (Å²) in [6.07, 6.45) is 1.43. The smallest absolute Gasteiger partial charge is 0.350 e. The van der Waals surface area contributed by atoms with Crippen LogP contribution in [0.15, 0.2) is 35.4 Å². The van der Waals surface area contributed by atoms with E-state index in [-0.39, 0.29) is 18.2 Å². The van der Waals surface area contributed by atoms with Gasteiger partial charge in [0.15, 0.2) is 0 Å². The quantitative estimate of drug-likeness (QED) is 0.771. The maximum atomic E-state index is 11.8. The molecule has 0 fully saturated rings. The topological polar surface area (TPSA) is 104 Å². The lowest BCUT2D eigenvalue weighted by Gasteiger charge is -2.11. The van der Waals surface area contributed by atoms with Crippen molar-refractivity contribution in [1.29, 1.82) is 0 Å². The van der Waals surface area contributed by atoms with E-state index in [4.69, 9.17) is 10.5 Å². The van der Waals surface area contributed by atoms with Crippen LogP contribution in [0.4, 0.5) is 5.69 Å². The number of hydrogen-bond acceptors (Lipinski definition) is 5. The summed E-state index contributed by atoms with van der Waals surface area (Å²) in [5.41, 5.74) is 6.58. The Bertz CT molecular complexity index is 674. The van der Waals surface area contributed by atoms with E-state index in [1.807, 2.05) is 0 Å². The van der Waals surface area contributed by atoms with Gasteiger partial charge in [-0.3, -0.25) is 9.36 Å². The molecule has 0 aliphatic carbocycles. The van der Waals surface area contributed by atoms with Gasteiger partial charge in [-0.05, 0) is 24.3 Å². The first-order valence-electron chi connectivity index (χ1n) is 6.29. The fourth-order valence-electron chi connectivity index (χ4n) is 1.73. The van der Waals surface area contributed by atoms with E-state index >= 15 is 0 Å². The Morgan fingerprint density at radius 2 is 2.10 bits per heavy atom. The number of hydrogen-bond donors (Lipinski definition) is 2. The number of aryl methyl sites for hydroxylation is 1. The van der Waals surface area contributed by atoms with Gasteiger partial charge in [-0.25, -0.2) is 4.79 Å². The zero-order valence-electron chi connectivity index (χ0n) is 11.8. The van der Waals surface area contributed by atoms with E-state index in [9.17, 15) is 9.59 Å². The first kappa shape index (κ1) is 14.9. The fraction of sp³-hybridized carbons (Fsp3) is 0.308. The summed E-state index contributed by atoms with van der Waals surface area (Å²) >= 11 is 0. The van der Waals surface area contributed by atoms with Crippen molar-refractivity contribution in [2.75, 3.05) is 19.0 Å².